The molecule has 0 spiro atoms. The van der Waals surface area contributed by atoms with Crippen LogP contribution in [0, 0.1) is 5.92 Å². The van der Waals surface area contributed by atoms with Crippen LogP contribution in [0.1, 0.15) is 21.9 Å². The highest BCUT2D eigenvalue weighted by molar-refractivity contribution is 9.10. The first-order valence-electron chi connectivity index (χ1n) is 12.7. The minimum absolute atomic E-state index is 0.170. The molecular weight excluding hydrogens is 671 g/mol. The number of aromatic nitrogens is 1. The minimum Gasteiger partial charge on any atom is -0.483 e. The van der Waals surface area contributed by atoms with Crippen molar-refractivity contribution in [3.63, 3.8) is 0 Å². The number of fused-ring (bicyclic) bond motifs is 2. The fourth-order valence-electron chi connectivity index (χ4n) is 5.25. The Balaban J connectivity index is 1.34. The molecule has 0 saturated carbocycles. The summed E-state index contributed by atoms with van der Waals surface area (Å²) in [6.45, 7) is -0.643. The largest absolute Gasteiger partial charge is 0.483 e. The van der Waals surface area contributed by atoms with Crippen LogP contribution in [-0.4, -0.2) is 34.6 Å². The van der Waals surface area contributed by atoms with Crippen molar-refractivity contribution in [3.8, 4) is 5.75 Å². The summed E-state index contributed by atoms with van der Waals surface area (Å²) in [5.41, 5.74) is -0.560. The van der Waals surface area contributed by atoms with Crippen LogP contribution >= 0.6 is 39.0 Å². The molecule has 1 saturated heterocycles. The number of alkyl halides is 3. The highest BCUT2D eigenvalue weighted by Gasteiger charge is 2.56. The van der Waals surface area contributed by atoms with Crippen LogP contribution in [0.25, 0.3) is 0 Å². The molecule has 0 aliphatic carbocycles. The van der Waals surface area contributed by atoms with Crippen molar-refractivity contribution in [2.45, 2.75) is 22.4 Å². The molecule has 2 unspecified atom stereocenters. The molecule has 2 aliphatic rings. The van der Waals surface area contributed by atoms with Gasteiger partial charge in [-0.3, -0.25) is 19.2 Å². The van der Waals surface area contributed by atoms with E-state index < -0.39 is 58.8 Å². The number of thiazole rings is 1. The Kier molecular flexibility index (Phi) is 7.69. The number of H-pyrrole nitrogens is 1. The summed E-state index contributed by atoms with van der Waals surface area (Å²) in [7, 11) is 0. The Morgan fingerprint density at radius 1 is 1.00 bits per heavy atom. The number of amides is 3. The second-order valence-electron chi connectivity index (χ2n) is 9.66. The number of aromatic amines is 1. The van der Waals surface area contributed by atoms with Crippen LogP contribution in [0.15, 0.2) is 87.1 Å². The molecule has 0 radical (unpaired) electrons. The van der Waals surface area contributed by atoms with Gasteiger partial charge in [0.15, 0.2) is 6.61 Å². The second kappa shape index (κ2) is 11.3. The van der Waals surface area contributed by atoms with E-state index in [9.17, 15) is 32.3 Å². The van der Waals surface area contributed by atoms with E-state index in [2.05, 4.69) is 26.2 Å². The van der Waals surface area contributed by atoms with Crippen LogP contribution in [0.4, 0.5) is 24.5 Å². The van der Waals surface area contributed by atoms with E-state index in [1.165, 1.54) is 12.1 Å². The molecule has 3 aromatic carbocycles. The van der Waals surface area contributed by atoms with Gasteiger partial charge in [-0.2, -0.15) is 13.2 Å². The summed E-state index contributed by atoms with van der Waals surface area (Å²) in [6, 6.07) is 18.0. The number of imide groups is 1. The van der Waals surface area contributed by atoms with Gasteiger partial charge in [-0.1, -0.05) is 69.4 Å². The quantitative estimate of drug-likeness (QED) is 0.240. The van der Waals surface area contributed by atoms with E-state index in [1.54, 1.807) is 48.5 Å². The number of nitrogens with zero attached hydrogens (tertiary/aromatic N) is 1. The van der Waals surface area contributed by atoms with Gasteiger partial charge < -0.3 is 15.0 Å². The van der Waals surface area contributed by atoms with Crippen LogP contribution in [-0.2, 0) is 20.6 Å². The number of carbonyl (C=O) groups is 3. The van der Waals surface area contributed by atoms with E-state index in [1.807, 2.05) is 0 Å². The predicted molar refractivity (Wildman–Crippen MR) is 159 cm³/mol. The summed E-state index contributed by atoms with van der Waals surface area (Å²) in [5, 5.41) is 1.86. The molecule has 8 nitrogen and oxygen atoms in total. The van der Waals surface area contributed by atoms with Crippen LogP contribution in [0.5, 0.6) is 5.75 Å². The zero-order chi connectivity index (χ0) is 30.5. The van der Waals surface area contributed by atoms with Crippen molar-refractivity contribution < 1.29 is 32.3 Å². The van der Waals surface area contributed by atoms with Crippen molar-refractivity contribution in [1.82, 2.24) is 4.98 Å². The standard InChI is InChI=1S/C29H19BrF3N3O5S2/c30-14-10-11-19(41-13-20(37)34-18-9-5-4-8-17(18)29(31,32)33)16(12-14)21-22-24(42-25-23(21)43-28(40)35-25)27(39)36(26(22)38)15-6-2-1-3-7-15/h1-12,21-22,24H,13H2,(H,34,37)(H,35,40)/t21-,22?,24?/m1/s1. The maximum Gasteiger partial charge on any atom is 0.418 e. The third-order valence-corrected chi connectivity index (χ3v) is 9.90. The van der Waals surface area contributed by atoms with Crippen molar-refractivity contribution in [1.29, 1.82) is 0 Å². The van der Waals surface area contributed by atoms with Gasteiger partial charge in [0, 0.05) is 20.8 Å². The predicted octanol–water partition coefficient (Wildman–Crippen LogP) is 6.03. The average molecular weight is 691 g/mol. The molecule has 43 heavy (non-hydrogen) atoms. The molecule has 2 N–H and O–H groups in total. The lowest BCUT2D eigenvalue weighted by atomic mass is 9.82. The first kappa shape index (κ1) is 29.2. The molecule has 1 fully saturated rings. The van der Waals surface area contributed by atoms with Crippen LogP contribution < -0.4 is 19.8 Å². The number of nitrogens with one attached hydrogen (secondary N) is 2. The van der Waals surface area contributed by atoms with Gasteiger partial charge in [-0.15, -0.1) is 0 Å². The number of thioether (sulfide) groups is 1. The number of halogens is 4. The molecule has 3 atom stereocenters. The van der Waals surface area contributed by atoms with E-state index in [4.69, 9.17) is 4.74 Å². The average Bonchev–Trinajstić information content (AvgIpc) is 3.46. The molecule has 3 heterocycles. The van der Waals surface area contributed by atoms with E-state index >= 15 is 0 Å². The minimum atomic E-state index is -4.67. The zero-order valence-corrected chi connectivity index (χ0v) is 24.9. The SMILES string of the molecule is O=C(COc1ccc(Br)cc1[C@H]1c2sc(=O)[nH]c2SC2C(=O)N(c3ccccc3)C(=O)C21)Nc1ccccc1C(F)(F)F. The Hall–Kier alpha value is -3.88. The Morgan fingerprint density at radius 2 is 1.72 bits per heavy atom. The van der Waals surface area contributed by atoms with Gasteiger partial charge in [-0.25, -0.2) is 4.90 Å². The fourth-order valence-corrected chi connectivity index (χ4v) is 8.13. The van der Waals surface area contributed by atoms with E-state index in [0.717, 1.165) is 40.1 Å². The molecule has 14 heteroatoms. The normalized spacial score (nSPS) is 19.6. The lowest BCUT2D eigenvalue weighted by molar-refractivity contribution is -0.137. The van der Waals surface area contributed by atoms with E-state index in [0.29, 0.717) is 25.6 Å². The molecule has 6 rings (SSSR count). The first-order chi connectivity index (χ1) is 20.5. The Labute approximate surface area is 258 Å². The summed E-state index contributed by atoms with van der Waals surface area (Å²) in [5.74, 6) is -3.23. The van der Waals surface area contributed by atoms with Gasteiger partial charge in [0.2, 0.25) is 11.8 Å². The number of benzene rings is 3. The van der Waals surface area contributed by atoms with Crippen molar-refractivity contribution in [3.05, 3.63) is 103 Å². The molecule has 3 amide bonds. The molecule has 2 aliphatic heterocycles. The molecule has 0 bridgehead atoms. The summed E-state index contributed by atoms with van der Waals surface area (Å²) >= 11 is 5.47. The Bertz CT molecular complexity index is 1810. The number of hydrogen-bond acceptors (Lipinski definition) is 7. The third-order valence-electron chi connectivity index (χ3n) is 7.01. The molecule has 4 aromatic rings. The van der Waals surface area contributed by atoms with Gasteiger partial charge in [0.25, 0.3) is 5.91 Å². The monoisotopic (exact) mass is 689 g/mol. The Morgan fingerprint density at radius 3 is 2.47 bits per heavy atom. The number of hydrogen-bond donors (Lipinski definition) is 2. The fraction of sp³-hybridized carbons (Fsp3) is 0.172. The highest BCUT2D eigenvalue weighted by atomic mass is 79.9. The van der Waals surface area contributed by atoms with Crippen molar-refractivity contribution in [2.75, 3.05) is 16.8 Å². The van der Waals surface area contributed by atoms with Gasteiger partial charge in [-0.05, 0) is 42.5 Å². The van der Waals surface area contributed by atoms with Crippen molar-refractivity contribution in [2.24, 2.45) is 5.92 Å². The van der Waals surface area contributed by atoms with Crippen LogP contribution in [0.3, 0.4) is 0 Å². The third kappa shape index (κ3) is 5.50. The lowest BCUT2D eigenvalue weighted by Crippen LogP contribution is -2.32. The highest BCUT2D eigenvalue weighted by Crippen LogP contribution is 2.54. The van der Waals surface area contributed by atoms with Crippen molar-refractivity contribution >= 4 is 68.1 Å². The van der Waals surface area contributed by atoms with Crippen LogP contribution in [0.2, 0.25) is 0 Å². The molecule has 1 aromatic heterocycles. The number of rotatable bonds is 6. The van der Waals surface area contributed by atoms with E-state index in [-0.39, 0.29) is 10.6 Å². The maximum absolute atomic E-state index is 13.9. The maximum atomic E-state index is 13.9. The van der Waals surface area contributed by atoms with Gasteiger partial charge in [0.1, 0.15) is 11.0 Å². The number of carbonyl (C=O) groups excluding carboxylic acids is 3. The lowest BCUT2D eigenvalue weighted by Gasteiger charge is -2.31. The number of anilines is 2. The smallest absolute Gasteiger partial charge is 0.418 e. The number of para-hydroxylation sites is 2. The summed E-state index contributed by atoms with van der Waals surface area (Å²) in [6.07, 6.45) is -4.67. The van der Waals surface area contributed by atoms with Gasteiger partial charge in [0.05, 0.1) is 27.9 Å². The number of ether oxygens (including phenoxy) is 1. The summed E-state index contributed by atoms with van der Waals surface area (Å²) < 4.78 is 46.7. The molecular formula is C29H19BrF3N3O5S2. The summed E-state index contributed by atoms with van der Waals surface area (Å²) in [4.78, 5) is 56.8. The topological polar surface area (TPSA) is 109 Å². The second-order valence-corrected chi connectivity index (χ2v) is 12.7. The first-order valence-corrected chi connectivity index (χ1v) is 15.2. The molecule has 220 valence electrons. The zero-order valence-electron chi connectivity index (χ0n) is 21.7. The van der Waals surface area contributed by atoms with Gasteiger partial charge >= 0.3 is 11.0 Å².